The van der Waals surface area contributed by atoms with Crippen LogP contribution in [0.2, 0.25) is 5.02 Å². The van der Waals surface area contributed by atoms with Gasteiger partial charge in [0.25, 0.3) is 17.4 Å². The van der Waals surface area contributed by atoms with E-state index in [1.54, 1.807) is 42.5 Å². The Balaban J connectivity index is 1.21. The Morgan fingerprint density at radius 3 is 2.54 bits per heavy atom. The average Bonchev–Trinajstić information content (AvgIpc) is 3.48. The predicted octanol–water partition coefficient (Wildman–Crippen LogP) is 3.11. The molecular formula is C29H29ClN6O5. The molecule has 0 spiro atoms. The number of hydrogen-bond acceptors (Lipinski definition) is 8. The summed E-state index contributed by atoms with van der Waals surface area (Å²) in [7, 11) is 2.03. The minimum Gasteiger partial charge on any atom is -0.491 e. The molecule has 2 aliphatic rings. The van der Waals surface area contributed by atoms with Crippen LogP contribution in [0.4, 0.5) is 5.69 Å². The molecule has 0 bridgehead atoms. The molecule has 0 radical (unpaired) electrons. The van der Waals surface area contributed by atoms with Gasteiger partial charge in [0.2, 0.25) is 0 Å². The first-order valence-electron chi connectivity index (χ1n) is 13.4. The number of aromatic nitrogens is 3. The number of hydrogen-bond donors (Lipinski definition) is 4. The summed E-state index contributed by atoms with van der Waals surface area (Å²) in [4.78, 5) is 53.4. The van der Waals surface area contributed by atoms with E-state index in [1.165, 1.54) is 11.1 Å². The molecule has 0 saturated carbocycles. The molecule has 11 nitrogen and oxygen atoms in total. The highest BCUT2D eigenvalue weighted by molar-refractivity contribution is 6.30. The Morgan fingerprint density at radius 2 is 1.80 bits per heavy atom. The van der Waals surface area contributed by atoms with Crippen LogP contribution >= 0.6 is 11.6 Å². The molecule has 2 aliphatic heterocycles. The lowest BCUT2D eigenvalue weighted by atomic mass is 10.0. The van der Waals surface area contributed by atoms with Gasteiger partial charge in [-0.1, -0.05) is 11.6 Å². The number of nitrogens with one attached hydrogen (secondary N) is 3. The van der Waals surface area contributed by atoms with E-state index in [2.05, 4.69) is 25.2 Å². The maximum Gasteiger partial charge on any atom is 0.261 e. The first-order chi connectivity index (χ1) is 19.8. The smallest absolute Gasteiger partial charge is 0.261 e. The number of aliphatic hydroxyl groups is 1. The monoisotopic (exact) mass is 576 g/mol. The fraction of sp³-hybridized carbons (Fsp3) is 0.310. The Labute approximate surface area is 240 Å². The highest BCUT2D eigenvalue weighted by Crippen LogP contribution is 2.32. The Bertz CT molecular complexity index is 1620. The minimum atomic E-state index is -0.874. The van der Waals surface area contributed by atoms with Gasteiger partial charge in [0.1, 0.15) is 29.8 Å². The van der Waals surface area contributed by atoms with Crippen LogP contribution in [-0.2, 0) is 0 Å². The molecule has 6 rings (SSSR count). The Morgan fingerprint density at radius 1 is 1.10 bits per heavy atom. The number of pyridine rings is 1. The number of anilines is 1. The van der Waals surface area contributed by atoms with Crippen molar-refractivity contribution in [1.82, 2.24) is 24.8 Å². The third-order valence-electron chi connectivity index (χ3n) is 7.55. The second kappa shape index (κ2) is 11.0. The number of carbonyl (C=O) groups is 2. The van der Waals surface area contributed by atoms with E-state index in [1.807, 2.05) is 7.05 Å². The van der Waals surface area contributed by atoms with Gasteiger partial charge >= 0.3 is 0 Å². The van der Waals surface area contributed by atoms with Crippen LogP contribution < -0.4 is 15.6 Å². The lowest BCUT2D eigenvalue weighted by molar-refractivity contribution is 0.0516. The molecule has 4 heterocycles. The van der Waals surface area contributed by atoms with Gasteiger partial charge in [-0.25, -0.2) is 4.98 Å². The number of aromatic amines is 2. The molecule has 2 amide bonds. The van der Waals surface area contributed by atoms with E-state index >= 15 is 0 Å². The van der Waals surface area contributed by atoms with Gasteiger partial charge in [-0.15, -0.1) is 0 Å². The fourth-order valence-corrected chi connectivity index (χ4v) is 5.46. The van der Waals surface area contributed by atoms with Gasteiger partial charge in [-0.3, -0.25) is 19.3 Å². The number of imide groups is 1. The van der Waals surface area contributed by atoms with Crippen molar-refractivity contribution in [3.8, 4) is 17.1 Å². The zero-order valence-electron chi connectivity index (χ0n) is 22.3. The first-order valence-corrected chi connectivity index (χ1v) is 13.8. The van der Waals surface area contributed by atoms with Gasteiger partial charge in [-0.2, -0.15) is 0 Å². The van der Waals surface area contributed by atoms with Crippen LogP contribution in [0.15, 0.2) is 53.5 Å². The standard InChI is InChI=1S/C29H29ClN6O5/c1-35-10-7-17(8-11-35)36-28(39)20-12-23-24(13-21(20)29(36)40)34-26(33-23)25-22(6-9-31-27(25)38)32-14-18(37)15-41-19-4-2-16(30)3-5-19/h2-6,9,12-13,17-18,37H,7-8,10-11,14-15H2,1H3,(H,33,34)(H2,31,32,38). The second-order valence-corrected chi connectivity index (χ2v) is 10.8. The number of aliphatic hydroxyl groups excluding tert-OH is 1. The van der Waals surface area contributed by atoms with Gasteiger partial charge < -0.3 is 30.0 Å². The topological polar surface area (TPSA) is 144 Å². The zero-order chi connectivity index (χ0) is 28.7. The third kappa shape index (κ3) is 5.31. The summed E-state index contributed by atoms with van der Waals surface area (Å²) in [6.07, 6.45) is 2.12. The van der Waals surface area contributed by atoms with Crippen molar-refractivity contribution in [3.63, 3.8) is 0 Å². The molecule has 41 heavy (non-hydrogen) atoms. The van der Waals surface area contributed by atoms with Gasteiger partial charge in [0.05, 0.1) is 27.8 Å². The normalized spacial score (nSPS) is 16.8. The van der Waals surface area contributed by atoms with Crippen molar-refractivity contribution < 1.29 is 19.4 Å². The number of carbonyl (C=O) groups excluding carboxylic acids is 2. The fourth-order valence-electron chi connectivity index (χ4n) is 5.34. The van der Waals surface area contributed by atoms with E-state index in [0.717, 1.165) is 25.9 Å². The number of imidazole rings is 1. The number of H-pyrrole nitrogens is 2. The molecule has 1 fully saturated rings. The first kappa shape index (κ1) is 27.0. The van der Waals surface area contributed by atoms with Crippen LogP contribution in [-0.4, -0.2) is 87.1 Å². The summed E-state index contributed by atoms with van der Waals surface area (Å²) in [6, 6.07) is 11.6. The lowest BCUT2D eigenvalue weighted by Gasteiger charge is -2.33. The molecular weight excluding hydrogens is 548 g/mol. The van der Waals surface area contributed by atoms with E-state index in [4.69, 9.17) is 16.3 Å². The maximum atomic E-state index is 13.3. The summed E-state index contributed by atoms with van der Waals surface area (Å²) >= 11 is 5.89. The largest absolute Gasteiger partial charge is 0.491 e. The van der Waals surface area contributed by atoms with Crippen molar-refractivity contribution in [2.45, 2.75) is 25.0 Å². The maximum absolute atomic E-state index is 13.3. The summed E-state index contributed by atoms with van der Waals surface area (Å²) in [5, 5.41) is 14.1. The second-order valence-electron chi connectivity index (χ2n) is 10.4. The van der Waals surface area contributed by atoms with E-state index in [9.17, 15) is 19.5 Å². The highest BCUT2D eigenvalue weighted by Gasteiger charge is 2.41. The van der Waals surface area contributed by atoms with Crippen molar-refractivity contribution in [2.24, 2.45) is 0 Å². The summed E-state index contributed by atoms with van der Waals surface area (Å²) in [5.41, 5.74) is 1.96. The summed E-state index contributed by atoms with van der Waals surface area (Å²) in [5.74, 6) is 0.242. The third-order valence-corrected chi connectivity index (χ3v) is 7.81. The van der Waals surface area contributed by atoms with Crippen LogP contribution in [0.5, 0.6) is 5.75 Å². The highest BCUT2D eigenvalue weighted by atomic mass is 35.5. The molecule has 12 heteroatoms. The van der Waals surface area contributed by atoms with Crippen molar-refractivity contribution in [3.05, 3.63) is 75.2 Å². The van der Waals surface area contributed by atoms with Crippen molar-refractivity contribution in [2.75, 3.05) is 38.6 Å². The minimum absolute atomic E-state index is 0.0278. The number of amides is 2. The quantitative estimate of drug-likeness (QED) is 0.234. The van der Waals surface area contributed by atoms with Crippen molar-refractivity contribution >= 4 is 40.1 Å². The number of benzene rings is 2. The lowest BCUT2D eigenvalue weighted by Crippen LogP contribution is -2.46. The number of fused-ring (bicyclic) bond motifs is 2. The van der Waals surface area contributed by atoms with Gasteiger partial charge in [0.15, 0.2) is 0 Å². The molecule has 4 N–H and O–H groups in total. The number of piperidine rings is 1. The van der Waals surface area contributed by atoms with Crippen LogP contribution in [0, 0.1) is 0 Å². The molecule has 1 atom stereocenters. The van der Waals surface area contributed by atoms with E-state index < -0.39 is 11.7 Å². The number of nitrogens with zero attached hydrogens (tertiary/aromatic N) is 3. The zero-order valence-corrected chi connectivity index (χ0v) is 23.1. The molecule has 2 aromatic heterocycles. The van der Waals surface area contributed by atoms with Gasteiger partial charge in [-0.05, 0) is 75.4 Å². The SMILES string of the molecule is CN1CCC(N2C(=O)c3cc4nc(-c5c(NCC(O)COc6ccc(Cl)cc6)cc[nH]c5=O)[nH]c4cc3C2=O)CC1. The number of likely N-dealkylation sites (tertiary alicyclic amines) is 1. The molecule has 1 unspecified atom stereocenters. The van der Waals surface area contributed by atoms with E-state index in [-0.39, 0.29) is 42.4 Å². The average molecular weight is 577 g/mol. The van der Waals surface area contributed by atoms with Crippen LogP contribution in [0.1, 0.15) is 33.6 Å². The van der Waals surface area contributed by atoms with Crippen LogP contribution in [0.3, 0.4) is 0 Å². The van der Waals surface area contributed by atoms with Crippen molar-refractivity contribution in [1.29, 1.82) is 0 Å². The number of ether oxygens (including phenoxy) is 1. The van der Waals surface area contributed by atoms with E-state index in [0.29, 0.717) is 38.6 Å². The van der Waals surface area contributed by atoms with Gasteiger partial charge in [0, 0.05) is 23.8 Å². The summed E-state index contributed by atoms with van der Waals surface area (Å²) < 4.78 is 5.60. The molecule has 2 aromatic carbocycles. The van der Waals surface area contributed by atoms with Crippen LogP contribution in [0.25, 0.3) is 22.4 Å². The molecule has 0 aliphatic carbocycles. The Kier molecular flexibility index (Phi) is 7.24. The molecule has 212 valence electrons. The number of rotatable bonds is 8. The summed E-state index contributed by atoms with van der Waals surface area (Å²) in [6.45, 7) is 1.80. The molecule has 4 aromatic rings. The number of halogens is 1. The molecule has 1 saturated heterocycles. The Hall–Kier alpha value is -4.19. The predicted molar refractivity (Wildman–Crippen MR) is 155 cm³/mol.